The van der Waals surface area contributed by atoms with Crippen LogP contribution in [0.4, 0.5) is 0 Å². The molecule has 0 saturated heterocycles. The number of H-pyrrole nitrogens is 1. The van der Waals surface area contributed by atoms with Gasteiger partial charge in [-0.05, 0) is 36.4 Å². The Kier molecular flexibility index (Phi) is 5.10. The van der Waals surface area contributed by atoms with Crippen molar-refractivity contribution in [3.8, 4) is 23.5 Å². The molecule has 0 amide bonds. The number of allylic oxidation sites excluding steroid dienone is 1. The van der Waals surface area contributed by atoms with Gasteiger partial charge in [0.2, 0.25) is 0 Å². The number of nitriles is 2. The first-order chi connectivity index (χ1) is 14.7. The van der Waals surface area contributed by atoms with Crippen LogP contribution in [0.3, 0.4) is 0 Å². The zero-order valence-corrected chi connectivity index (χ0v) is 15.6. The fourth-order valence-electron chi connectivity index (χ4n) is 2.94. The van der Waals surface area contributed by atoms with Gasteiger partial charge in [-0.1, -0.05) is 24.3 Å². The number of para-hydroxylation sites is 2. The Balaban J connectivity index is 1.61. The Morgan fingerprint density at radius 1 is 1.13 bits per heavy atom. The summed E-state index contributed by atoms with van der Waals surface area (Å²) in [7, 11) is 0. The molecular weight excluding hydrogens is 380 g/mol. The molecule has 0 unspecified atom stereocenters. The Hall–Kier alpha value is -4.62. The Bertz CT molecular complexity index is 1320. The van der Waals surface area contributed by atoms with E-state index in [9.17, 15) is 10.1 Å². The maximum atomic E-state index is 11.9. The zero-order chi connectivity index (χ0) is 20.9. The molecule has 4 aromatic rings. The van der Waals surface area contributed by atoms with E-state index in [0.717, 1.165) is 11.0 Å². The normalized spacial score (nSPS) is 11.1. The van der Waals surface area contributed by atoms with Gasteiger partial charge in [0.05, 0.1) is 22.2 Å². The number of ether oxygens (including phenoxy) is 1. The lowest BCUT2D eigenvalue weighted by atomic mass is 10.1. The summed E-state index contributed by atoms with van der Waals surface area (Å²) >= 11 is 0. The highest BCUT2D eigenvalue weighted by Crippen LogP contribution is 2.26. The Labute approximate surface area is 171 Å². The number of hydrogen-bond donors (Lipinski definition) is 1. The van der Waals surface area contributed by atoms with E-state index in [1.54, 1.807) is 48.5 Å². The molecule has 7 heteroatoms. The number of aromatic amines is 1. The number of carbonyl (C=O) groups excluding carboxylic acids is 1. The van der Waals surface area contributed by atoms with E-state index >= 15 is 0 Å². The van der Waals surface area contributed by atoms with Gasteiger partial charge in [-0.2, -0.15) is 10.5 Å². The molecule has 0 aliphatic heterocycles. The maximum Gasteiger partial charge on any atom is 0.339 e. The smallest absolute Gasteiger partial charge is 0.339 e. The first-order valence-corrected chi connectivity index (χ1v) is 8.99. The van der Waals surface area contributed by atoms with E-state index in [1.807, 2.05) is 24.3 Å². The van der Waals surface area contributed by atoms with Crippen molar-refractivity contribution in [3.05, 3.63) is 77.8 Å². The fraction of sp³-hybridized carbons (Fsp3) is 0.0435. The van der Waals surface area contributed by atoms with Crippen LogP contribution in [-0.4, -0.2) is 22.5 Å². The second-order valence-electron chi connectivity index (χ2n) is 6.29. The van der Waals surface area contributed by atoms with E-state index in [-0.39, 0.29) is 6.61 Å². The first-order valence-electron chi connectivity index (χ1n) is 8.99. The standard InChI is InChI=1S/C23H14N4O3/c24-10-11-29-23(28)16-5-3-4-15(12-16)21-9-8-18(30-21)13-17(14-25)22-26-19-6-1-2-7-20(19)27-22/h1-9,12-13H,11H2,(H,26,27)/b17-13-. The summed E-state index contributed by atoms with van der Waals surface area (Å²) in [5, 5.41) is 18.1. The average Bonchev–Trinajstić information content (AvgIpc) is 3.42. The molecule has 0 radical (unpaired) electrons. The van der Waals surface area contributed by atoms with E-state index in [0.29, 0.717) is 34.0 Å². The number of hydrogen-bond acceptors (Lipinski definition) is 6. The number of fused-ring (bicyclic) bond motifs is 1. The molecule has 0 bridgehead atoms. The van der Waals surface area contributed by atoms with Crippen LogP contribution in [-0.2, 0) is 4.74 Å². The summed E-state index contributed by atoms with van der Waals surface area (Å²) < 4.78 is 10.7. The van der Waals surface area contributed by atoms with Crippen molar-refractivity contribution in [3.63, 3.8) is 0 Å². The third-order valence-corrected chi connectivity index (χ3v) is 4.33. The lowest BCUT2D eigenvalue weighted by Gasteiger charge is -2.02. The molecule has 2 aromatic carbocycles. The summed E-state index contributed by atoms with van der Waals surface area (Å²) in [4.78, 5) is 19.5. The maximum absolute atomic E-state index is 11.9. The molecular formula is C23H14N4O3. The van der Waals surface area contributed by atoms with Gasteiger partial charge in [-0.25, -0.2) is 9.78 Å². The van der Waals surface area contributed by atoms with Crippen LogP contribution < -0.4 is 0 Å². The van der Waals surface area contributed by atoms with Crippen LogP contribution in [0.5, 0.6) is 0 Å². The highest BCUT2D eigenvalue weighted by Gasteiger charge is 2.12. The van der Waals surface area contributed by atoms with Gasteiger partial charge < -0.3 is 14.1 Å². The number of rotatable bonds is 5. The average molecular weight is 394 g/mol. The molecule has 0 saturated carbocycles. The topological polar surface area (TPSA) is 116 Å². The number of nitrogens with one attached hydrogen (secondary N) is 1. The largest absolute Gasteiger partial charge is 0.457 e. The number of benzene rings is 2. The predicted octanol–water partition coefficient (Wildman–Crippen LogP) is 4.57. The summed E-state index contributed by atoms with van der Waals surface area (Å²) in [6.07, 6.45) is 1.60. The molecule has 2 aromatic heterocycles. The molecule has 1 N–H and O–H groups in total. The van der Waals surface area contributed by atoms with Crippen molar-refractivity contribution in [2.75, 3.05) is 6.61 Å². The molecule has 144 valence electrons. The molecule has 7 nitrogen and oxygen atoms in total. The molecule has 0 spiro atoms. The van der Waals surface area contributed by atoms with Gasteiger partial charge in [0, 0.05) is 11.6 Å². The molecule has 2 heterocycles. The van der Waals surface area contributed by atoms with Crippen molar-refractivity contribution >= 4 is 28.7 Å². The van der Waals surface area contributed by atoms with E-state index < -0.39 is 5.97 Å². The SMILES string of the molecule is N#CCOC(=O)c1cccc(-c2ccc(/C=C(/C#N)c3nc4ccccc4[nH]3)o2)c1. The molecule has 0 aliphatic rings. The van der Waals surface area contributed by atoms with Gasteiger partial charge in [0.1, 0.15) is 29.5 Å². The minimum atomic E-state index is -0.582. The summed E-state index contributed by atoms with van der Waals surface area (Å²) in [5.41, 5.74) is 2.93. The van der Waals surface area contributed by atoms with Crippen molar-refractivity contribution in [2.45, 2.75) is 0 Å². The molecule has 0 atom stereocenters. The van der Waals surface area contributed by atoms with E-state index in [2.05, 4.69) is 16.0 Å². The molecule has 0 fully saturated rings. The van der Waals surface area contributed by atoms with Crippen molar-refractivity contribution in [2.24, 2.45) is 0 Å². The monoisotopic (exact) mass is 394 g/mol. The first kappa shape index (κ1) is 18.7. The quantitative estimate of drug-likeness (QED) is 0.392. The van der Waals surface area contributed by atoms with Crippen molar-refractivity contribution in [1.82, 2.24) is 9.97 Å². The molecule has 30 heavy (non-hydrogen) atoms. The Morgan fingerprint density at radius 2 is 2.00 bits per heavy atom. The third-order valence-electron chi connectivity index (χ3n) is 4.33. The lowest BCUT2D eigenvalue weighted by Crippen LogP contribution is -2.05. The van der Waals surface area contributed by atoms with E-state index in [4.69, 9.17) is 14.4 Å². The minimum absolute atomic E-state index is 0.308. The van der Waals surface area contributed by atoms with Gasteiger partial charge in [0.25, 0.3) is 0 Å². The number of nitrogens with zero attached hydrogens (tertiary/aromatic N) is 3. The number of aromatic nitrogens is 2. The van der Waals surface area contributed by atoms with Crippen LogP contribution in [0.25, 0.3) is 34.0 Å². The van der Waals surface area contributed by atoms with Gasteiger partial charge in [-0.15, -0.1) is 0 Å². The molecule has 0 aliphatic carbocycles. The third kappa shape index (κ3) is 3.82. The Morgan fingerprint density at radius 3 is 2.80 bits per heavy atom. The number of carbonyl (C=O) groups is 1. The zero-order valence-electron chi connectivity index (χ0n) is 15.6. The minimum Gasteiger partial charge on any atom is -0.457 e. The number of esters is 1. The van der Waals surface area contributed by atoms with Gasteiger partial charge >= 0.3 is 5.97 Å². The molecule has 4 rings (SSSR count). The second kappa shape index (κ2) is 8.17. The fourth-order valence-corrected chi connectivity index (χ4v) is 2.94. The highest BCUT2D eigenvalue weighted by atomic mass is 16.5. The van der Waals surface area contributed by atoms with Crippen molar-refractivity contribution < 1.29 is 13.9 Å². The summed E-state index contributed by atoms with van der Waals surface area (Å²) in [5.74, 6) is 0.873. The van der Waals surface area contributed by atoms with Crippen molar-refractivity contribution in [1.29, 1.82) is 10.5 Å². The number of imidazole rings is 1. The van der Waals surface area contributed by atoms with Crippen LogP contribution in [0.2, 0.25) is 0 Å². The second-order valence-corrected chi connectivity index (χ2v) is 6.29. The van der Waals surface area contributed by atoms with Gasteiger partial charge in [0.15, 0.2) is 6.61 Å². The lowest BCUT2D eigenvalue weighted by molar-refractivity contribution is 0.0555. The van der Waals surface area contributed by atoms with Crippen LogP contribution >= 0.6 is 0 Å². The predicted molar refractivity (Wildman–Crippen MR) is 110 cm³/mol. The number of furan rings is 1. The highest BCUT2D eigenvalue weighted by molar-refractivity contribution is 5.91. The van der Waals surface area contributed by atoms with E-state index in [1.165, 1.54) is 0 Å². The van der Waals surface area contributed by atoms with Crippen LogP contribution in [0, 0.1) is 22.7 Å². The summed E-state index contributed by atoms with van der Waals surface area (Å²) in [6.45, 7) is -0.308. The van der Waals surface area contributed by atoms with Crippen LogP contribution in [0.15, 0.2) is 65.1 Å². The summed E-state index contributed by atoms with van der Waals surface area (Å²) in [6, 6.07) is 21.6. The van der Waals surface area contributed by atoms with Gasteiger partial charge in [-0.3, -0.25) is 0 Å². The van der Waals surface area contributed by atoms with Crippen LogP contribution in [0.1, 0.15) is 21.9 Å².